The van der Waals surface area contributed by atoms with Gasteiger partial charge in [-0.2, -0.15) is 8.78 Å². The summed E-state index contributed by atoms with van der Waals surface area (Å²) in [5.41, 5.74) is 0.406. The highest BCUT2D eigenvalue weighted by molar-refractivity contribution is 5.95. The fourth-order valence-electron chi connectivity index (χ4n) is 2.76. The molecule has 0 radical (unpaired) electrons. The van der Waals surface area contributed by atoms with Crippen LogP contribution >= 0.6 is 0 Å². The van der Waals surface area contributed by atoms with Gasteiger partial charge in [0.15, 0.2) is 11.5 Å². The number of halogens is 2. The van der Waals surface area contributed by atoms with Crippen molar-refractivity contribution in [3.05, 3.63) is 23.8 Å². The Balaban J connectivity index is 2.22. The summed E-state index contributed by atoms with van der Waals surface area (Å²) in [6, 6.07) is 4.44. The van der Waals surface area contributed by atoms with Gasteiger partial charge in [0.1, 0.15) is 0 Å². The highest BCUT2D eigenvalue weighted by atomic mass is 19.3. The zero-order chi connectivity index (χ0) is 16.8. The minimum atomic E-state index is -2.94. The lowest BCUT2D eigenvalue weighted by Crippen LogP contribution is -2.42. The van der Waals surface area contributed by atoms with E-state index in [2.05, 4.69) is 10.1 Å². The van der Waals surface area contributed by atoms with Gasteiger partial charge in [0.2, 0.25) is 0 Å². The third-order valence-corrected chi connectivity index (χ3v) is 3.83. The Hall–Kier alpha value is -1.89. The minimum absolute atomic E-state index is 0.0800. The van der Waals surface area contributed by atoms with Crippen LogP contribution in [0.15, 0.2) is 18.2 Å². The van der Waals surface area contributed by atoms with Crippen LogP contribution in [-0.4, -0.2) is 50.2 Å². The number of amides is 1. The molecule has 2 rings (SSSR count). The van der Waals surface area contributed by atoms with Crippen molar-refractivity contribution in [2.75, 3.05) is 26.7 Å². The summed E-state index contributed by atoms with van der Waals surface area (Å²) in [4.78, 5) is 14.6. The van der Waals surface area contributed by atoms with Crippen LogP contribution in [0.1, 0.15) is 30.1 Å². The SMILES string of the molecule is CCCN(C(=O)c1ccc(OC(F)F)c(OC)c1)C1CCNC1. The van der Waals surface area contributed by atoms with Crippen molar-refractivity contribution >= 4 is 5.91 Å². The molecule has 0 spiro atoms. The molecule has 1 atom stereocenters. The van der Waals surface area contributed by atoms with Crippen LogP contribution in [0.4, 0.5) is 8.78 Å². The molecule has 1 aromatic rings. The van der Waals surface area contributed by atoms with Crippen molar-refractivity contribution in [2.24, 2.45) is 0 Å². The number of carbonyl (C=O) groups is 1. The summed E-state index contributed by atoms with van der Waals surface area (Å²) in [6.45, 7) is 1.40. The predicted octanol–water partition coefficient (Wildman–Crippen LogP) is 2.51. The van der Waals surface area contributed by atoms with E-state index in [4.69, 9.17) is 4.74 Å². The molecule has 1 amide bonds. The van der Waals surface area contributed by atoms with Crippen LogP contribution in [0.3, 0.4) is 0 Å². The molecule has 0 bridgehead atoms. The van der Waals surface area contributed by atoms with E-state index in [1.54, 1.807) is 0 Å². The number of rotatable bonds is 7. The number of alkyl halides is 2. The van der Waals surface area contributed by atoms with E-state index in [0.717, 1.165) is 25.9 Å². The maximum absolute atomic E-state index is 12.8. The Bertz CT molecular complexity index is 534. The predicted molar refractivity (Wildman–Crippen MR) is 82.2 cm³/mol. The fraction of sp³-hybridized carbons (Fsp3) is 0.562. The van der Waals surface area contributed by atoms with Gasteiger partial charge in [-0.1, -0.05) is 6.92 Å². The van der Waals surface area contributed by atoms with E-state index in [1.165, 1.54) is 25.3 Å². The van der Waals surface area contributed by atoms with Crippen molar-refractivity contribution in [1.29, 1.82) is 0 Å². The maximum atomic E-state index is 12.8. The van der Waals surface area contributed by atoms with E-state index in [-0.39, 0.29) is 23.4 Å². The molecule has 1 aromatic carbocycles. The highest BCUT2D eigenvalue weighted by Gasteiger charge is 2.27. The molecule has 1 N–H and O–H groups in total. The first-order valence-corrected chi connectivity index (χ1v) is 7.71. The van der Waals surface area contributed by atoms with Crippen molar-refractivity contribution in [1.82, 2.24) is 10.2 Å². The van der Waals surface area contributed by atoms with Gasteiger partial charge in [-0.15, -0.1) is 0 Å². The zero-order valence-electron chi connectivity index (χ0n) is 13.4. The van der Waals surface area contributed by atoms with E-state index < -0.39 is 6.61 Å². The van der Waals surface area contributed by atoms with Gasteiger partial charge in [0.25, 0.3) is 5.91 Å². The van der Waals surface area contributed by atoms with Crippen molar-refractivity contribution in [3.8, 4) is 11.5 Å². The molecule has 1 unspecified atom stereocenters. The molecular formula is C16H22F2N2O3. The van der Waals surface area contributed by atoms with Crippen LogP contribution in [-0.2, 0) is 0 Å². The first kappa shape index (κ1) is 17.5. The molecule has 7 heteroatoms. The van der Waals surface area contributed by atoms with Crippen molar-refractivity contribution in [2.45, 2.75) is 32.4 Å². The highest BCUT2D eigenvalue weighted by Crippen LogP contribution is 2.30. The Morgan fingerprint density at radius 1 is 1.43 bits per heavy atom. The van der Waals surface area contributed by atoms with Gasteiger partial charge >= 0.3 is 6.61 Å². The molecule has 1 aliphatic rings. The molecule has 0 saturated carbocycles. The summed E-state index contributed by atoms with van der Waals surface area (Å²) >= 11 is 0. The van der Waals surface area contributed by atoms with Gasteiger partial charge in [-0.3, -0.25) is 4.79 Å². The molecule has 1 heterocycles. The summed E-state index contributed by atoms with van der Waals surface area (Å²) in [7, 11) is 1.35. The molecule has 5 nitrogen and oxygen atoms in total. The van der Waals surface area contributed by atoms with Crippen LogP contribution in [0, 0.1) is 0 Å². The summed E-state index contributed by atoms with van der Waals surface area (Å²) in [6.07, 6.45) is 1.77. The average molecular weight is 328 g/mol. The van der Waals surface area contributed by atoms with Gasteiger partial charge in [0.05, 0.1) is 7.11 Å². The molecule has 128 valence electrons. The summed E-state index contributed by atoms with van der Waals surface area (Å²) in [5.74, 6) is -0.0804. The number of hydrogen-bond donors (Lipinski definition) is 1. The molecular weight excluding hydrogens is 306 g/mol. The van der Waals surface area contributed by atoms with Crippen molar-refractivity contribution < 1.29 is 23.0 Å². The van der Waals surface area contributed by atoms with Gasteiger partial charge < -0.3 is 19.7 Å². The number of hydrogen-bond acceptors (Lipinski definition) is 4. The molecule has 1 saturated heterocycles. The summed E-state index contributed by atoms with van der Waals surface area (Å²) < 4.78 is 34.2. The second kappa shape index (κ2) is 8.10. The third-order valence-electron chi connectivity index (χ3n) is 3.83. The molecule has 0 aliphatic carbocycles. The molecule has 1 fully saturated rings. The second-order valence-electron chi connectivity index (χ2n) is 5.39. The topological polar surface area (TPSA) is 50.8 Å². The number of benzene rings is 1. The number of carbonyl (C=O) groups excluding carboxylic acids is 1. The smallest absolute Gasteiger partial charge is 0.387 e. The first-order valence-electron chi connectivity index (χ1n) is 7.71. The largest absolute Gasteiger partial charge is 0.493 e. The normalized spacial score (nSPS) is 17.3. The monoisotopic (exact) mass is 328 g/mol. The number of ether oxygens (including phenoxy) is 2. The zero-order valence-corrected chi connectivity index (χ0v) is 13.4. The minimum Gasteiger partial charge on any atom is -0.493 e. The lowest BCUT2D eigenvalue weighted by atomic mass is 10.1. The molecule has 23 heavy (non-hydrogen) atoms. The molecule has 1 aliphatic heterocycles. The lowest BCUT2D eigenvalue weighted by Gasteiger charge is -2.28. The second-order valence-corrected chi connectivity index (χ2v) is 5.39. The average Bonchev–Trinajstić information content (AvgIpc) is 3.06. The molecule has 0 aromatic heterocycles. The first-order chi connectivity index (χ1) is 11.1. The van der Waals surface area contributed by atoms with Crippen LogP contribution in [0.5, 0.6) is 11.5 Å². The summed E-state index contributed by atoms with van der Waals surface area (Å²) in [5, 5.41) is 3.25. The van der Waals surface area contributed by atoms with Crippen LogP contribution in [0.25, 0.3) is 0 Å². The van der Waals surface area contributed by atoms with E-state index in [1.807, 2.05) is 11.8 Å². The Kier molecular flexibility index (Phi) is 6.15. The number of nitrogens with zero attached hydrogens (tertiary/aromatic N) is 1. The van der Waals surface area contributed by atoms with Gasteiger partial charge in [0, 0.05) is 24.7 Å². The maximum Gasteiger partial charge on any atom is 0.387 e. The Morgan fingerprint density at radius 3 is 2.78 bits per heavy atom. The van der Waals surface area contributed by atoms with Gasteiger partial charge in [-0.05, 0) is 37.6 Å². The van der Waals surface area contributed by atoms with Crippen LogP contribution in [0.2, 0.25) is 0 Å². The van der Waals surface area contributed by atoms with E-state index >= 15 is 0 Å². The number of nitrogens with one attached hydrogen (secondary N) is 1. The van der Waals surface area contributed by atoms with E-state index in [9.17, 15) is 13.6 Å². The number of methoxy groups -OCH3 is 1. The fourth-order valence-corrected chi connectivity index (χ4v) is 2.76. The van der Waals surface area contributed by atoms with Gasteiger partial charge in [-0.25, -0.2) is 0 Å². The Labute approximate surface area is 134 Å². The van der Waals surface area contributed by atoms with Crippen LogP contribution < -0.4 is 14.8 Å². The third kappa shape index (κ3) is 4.31. The Morgan fingerprint density at radius 2 is 2.22 bits per heavy atom. The lowest BCUT2D eigenvalue weighted by molar-refractivity contribution is -0.0512. The van der Waals surface area contributed by atoms with Crippen molar-refractivity contribution in [3.63, 3.8) is 0 Å². The quantitative estimate of drug-likeness (QED) is 0.836. The van der Waals surface area contributed by atoms with E-state index in [0.29, 0.717) is 12.1 Å². The standard InChI is InChI=1S/C16H22F2N2O3/c1-3-8-20(12-6-7-19-10-12)15(21)11-4-5-13(23-16(17)18)14(9-11)22-2/h4-5,9,12,16,19H,3,6-8,10H2,1-2H3.